The van der Waals surface area contributed by atoms with Crippen LogP contribution in [0.5, 0.6) is 0 Å². The number of hydrogen-bond donors (Lipinski definition) is 1. The third-order valence-corrected chi connectivity index (χ3v) is 8.59. The Hall–Kier alpha value is -4.02. The molecule has 248 valence electrons. The Labute approximate surface area is 270 Å². The fraction of sp³-hybridized carbons (Fsp3) is 0.444. The van der Waals surface area contributed by atoms with E-state index in [-0.39, 0.29) is 17.1 Å². The van der Waals surface area contributed by atoms with Gasteiger partial charge in [0, 0.05) is 19.5 Å². The second-order valence-corrected chi connectivity index (χ2v) is 11.8. The smallest absolute Gasteiger partial charge is 0.191 e. The number of carbonyl (C=O) groups excluding carboxylic acids is 1. The summed E-state index contributed by atoms with van der Waals surface area (Å²) in [7, 11) is 1.00. The third kappa shape index (κ3) is 7.85. The second kappa shape index (κ2) is 16.0. The van der Waals surface area contributed by atoms with E-state index in [1.165, 1.54) is 47.7 Å². The zero-order valence-corrected chi connectivity index (χ0v) is 27.7. The molecule has 0 spiro atoms. The summed E-state index contributed by atoms with van der Waals surface area (Å²) < 4.78 is 28.9. The number of rotatable bonds is 5. The van der Waals surface area contributed by atoms with E-state index >= 15 is 0 Å². The lowest BCUT2D eigenvalue weighted by atomic mass is 9.59. The fourth-order valence-electron chi connectivity index (χ4n) is 6.22. The number of fused-ring (bicyclic) bond motifs is 2. The van der Waals surface area contributed by atoms with Crippen molar-refractivity contribution >= 4 is 11.9 Å². The molecule has 2 saturated carbocycles. The summed E-state index contributed by atoms with van der Waals surface area (Å²) in [4.78, 5) is 18.6. The maximum Gasteiger partial charge on any atom is 0.191 e. The van der Waals surface area contributed by atoms with Gasteiger partial charge in [-0.2, -0.15) is 10.2 Å². The Balaban J connectivity index is 0.000000352. The van der Waals surface area contributed by atoms with Crippen LogP contribution >= 0.6 is 0 Å². The topological polar surface area (TPSA) is 117 Å². The lowest BCUT2D eigenvalue weighted by Gasteiger charge is -2.43. The molecule has 4 aromatic rings. The van der Waals surface area contributed by atoms with E-state index in [2.05, 4.69) is 34.2 Å². The zero-order chi connectivity index (χ0) is 32.7. The van der Waals surface area contributed by atoms with Crippen LogP contribution in [-0.4, -0.2) is 48.0 Å². The lowest BCUT2D eigenvalue weighted by molar-refractivity contribution is 0.0762. The van der Waals surface area contributed by atoms with E-state index in [9.17, 15) is 13.6 Å². The number of aromatic nitrogens is 5. The molecule has 2 fully saturated rings. The van der Waals surface area contributed by atoms with Gasteiger partial charge in [-0.3, -0.25) is 9.78 Å². The van der Waals surface area contributed by atoms with Gasteiger partial charge in [0.05, 0.1) is 28.7 Å². The van der Waals surface area contributed by atoms with Crippen molar-refractivity contribution in [3.05, 3.63) is 101 Å². The van der Waals surface area contributed by atoms with Crippen LogP contribution in [0.3, 0.4) is 0 Å². The number of aliphatic hydroxyl groups is 1. The van der Waals surface area contributed by atoms with Gasteiger partial charge in [-0.1, -0.05) is 32.4 Å². The van der Waals surface area contributed by atoms with Crippen LogP contribution in [0.2, 0.25) is 0 Å². The van der Waals surface area contributed by atoms with Gasteiger partial charge < -0.3 is 10.6 Å². The van der Waals surface area contributed by atoms with Gasteiger partial charge in [-0.15, -0.1) is 0 Å². The lowest BCUT2D eigenvalue weighted by Crippen LogP contribution is -2.42. The van der Waals surface area contributed by atoms with Gasteiger partial charge in [-0.05, 0) is 118 Å². The van der Waals surface area contributed by atoms with Crippen LogP contribution in [-0.2, 0) is 6.42 Å². The first kappa shape index (κ1) is 36.4. The molecule has 3 aliphatic carbocycles. The molecule has 0 amide bonds. The first-order chi connectivity index (χ1) is 21.7. The van der Waals surface area contributed by atoms with Gasteiger partial charge >= 0.3 is 0 Å². The summed E-state index contributed by atoms with van der Waals surface area (Å²) in [6.07, 6.45) is 12.5. The number of alkyl halides is 1. The molecule has 3 aromatic heterocycles. The van der Waals surface area contributed by atoms with Crippen molar-refractivity contribution in [3.8, 4) is 5.69 Å². The van der Waals surface area contributed by atoms with E-state index in [1.807, 2.05) is 43.9 Å². The van der Waals surface area contributed by atoms with Crippen LogP contribution in [0, 0.1) is 24.1 Å². The molecule has 1 unspecified atom stereocenters. The minimum absolute atomic E-state index is 0. The van der Waals surface area contributed by atoms with Crippen LogP contribution < -0.4 is 0 Å². The average molecular weight is 636 g/mol. The van der Waals surface area contributed by atoms with Crippen molar-refractivity contribution in [2.45, 2.75) is 85.4 Å². The molecule has 0 aliphatic heterocycles. The molecule has 3 N–H and O–H groups in total. The number of ketones is 1. The molecule has 0 radical (unpaired) electrons. The third-order valence-electron chi connectivity index (χ3n) is 8.59. The second-order valence-electron chi connectivity index (χ2n) is 11.8. The van der Waals surface area contributed by atoms with Gasteiger partial charge in [-0.25, -0.2) is 18.1 Å². The molecule has 1 aromatic carbocycles. The first-order valence-electron chi connectivity index (χ1n) is 15.9. The maximum absolute atomic E-state index is 14.0. The summed E-state index contributed by atoms with van der Waals surface area (Å²) in [5.41, 5.74) is 6.20. The summed E-state index contributed by atoms with van der Waals surface area (Å²) in [5.74, 6) is 0.983. The number of allylic oxidation sites excluding steroid dienone is 1. The minimum atomic E-state index is -1.02. The molecule has 0 saturated heterocycles. The molecule has 3 heterocycles. The largest absolute Gasteiger partial charge is 0.412 e. The summed E-state index contributed by atoms with van der Waals surface area (Å²) in [5, 5.41) is 15.5. The summed E-state index contributed by atoms with van der Waals surface area (Å²) in [6.45, 7) is 9.53. The molecule has 10 heteroatoms. The molecule has 46 heavy (non-hydrogen) atoms. The molecule has 8 nitrogen and oxygen atoms in total. The quantitative estimate of drug-likeness (QED) is 0.229. The number of aliphatic hydroxyl groups excluding tert-OH is 1. The van der Waals surface area contributed by atoms with E-state index in [1.54, 1.807) is 24.4 Å². The summed E-state index contributed by atoms with van der Waals surface area (Å²) in [6, 6.07) is 12.2. The van der Waals surface area contributed by atoms with Crippen molar-refractivity contribution in [1.29, 1.82) is 0 Å². The Kier molecular flexibility index (Phi) is 12.7. The standard InChI is InChI=1S/C27H26FN3O.C6H9FN2.C2H6.CH4O.H2O/c1-17-2-6-21-12-25-20(16-30-31(25)23-9-7-22(28)8-10-23)14-27(21,13-17)26(32)24-11-5-19(15-29-24)18-3-4-18;1-5-3-4-9(8-5)6(2)7;2*1-2;/h5,7-12,15-18H,2-4,6,13-14H2,1H3;3-4,6H,1-2H3;1-2H3;2H,1H3;1H2/t17-,27+;;;;/m0..../s1. The normalized spacial score (nSPS) is 19.9. The number of carbonyl (C=O) groups is 1. The van der Waals surface area contributed by atoms with E-state index in [0.29, 0.717) is 24.0 Å². The molecule has 0 bridgehead atoms. The van der Waals surface area contributed by atoms with Crippen LogP contribution in [0.1, 0.15) is 105 Å². The van der Waals surface area contributed by atoms with Crippen LogP contribution in [0.25, 0.3) is 11.8 Å². The van der Waals surface area contributed by atoms with E-state index in [0.717, 1.165) is 49.0 Å². The Morgan fingerprint density at radius 3 is 2.28 bits per heavy atom. The van der Waals surface area contributed by atoms with E-state index < -0.39 is 11.7 Å². The van der Waals surface area contributed by atoms with Crippen molar-refractivity contribution < 1.29 is 24.2 Å². The van der Waals surface area contributed by atoms with Crippen molar-refractivity contribution in [3.63, 3.8) is 0 Å². The Morgan fingerprint density at radius 2 is 1.74 bits per heavy atom. The SMILES string of the molecule is CC.CO.C[C@H]1CCC2=Cc3c(cnn3-c3ccc(F)cc3)C[C@]2(C(=O)c2ccc(C3CC3)cn2)C1.Cc1ccn(C(C)F)n1.O. The number of aryl methyl sites for hydroxylation is 1. The average Bonchev–Trinajstić information content (AvgIpc) is 3.70. The van der Waals surface area contributed by atoms with E-state index in [4.69, 9.17) is 5.11 Å². The molecular weight excluding hydrogens is 588 g/mol. The van der Waals surface area contributed by atoms with Crippen LogP contribution in [0.15, 0.2) is 66.6 Å². The number of halogens is 2. The van der Waals surface area contributed by atoms with Crippen molar-refractivity contribution in [2.24, 2.45) is 11.3 Å². The Bertz CT molecular complexity index is 1590. The molecule has 3 aliphatic rings. The highest BCUT2D eigenvalue weighted by molar-refractivity contribution is 6.02. The number of hydrogen-bond acceptors (Lipinski definition) is 5. The van der Waals surface area contributed by atoms with Gasteiger partial charge in [0.2, 0.25) is 0 Å². The highest BCUT2D eigenvalue weighted by Gasteiger charge is 2.48. The predicted octanol–water partition coefficient (Wildman–Crippen LogP) is 7.40. The predicted molar refractivity (Wildman–Crippen MR) is 177 cm³/mol. The number of pyridine rings is 1. The molecule has 3 atom stereocenters. The van der Waals surface area contributed by atoms with Gasteiger partial charge in [0.15, 0.2) is 12.1 Å². The fourth-order valence-corrected chi connectivity index (χ4v) is 6.22. The number of Topliss-reactive ketones (excluding diaryl/α,β-unsaturated/α-hetero) is 1. The Morgan fingerprint density at radius 1 is 1.04 bits per heavy atom. The molecular formula is C36H47F2N5O3. The first-order valence-corrected chi connectivity index (χ1v) is 15.9. The van der Waals surface area contributed by atoms with Gasteiger partial charge in [0.1, 0.15) is 11.5 Å². The molecule has 7 rings (SSSR count). The van der Waals surface area contributed by atoms with Crippen molar-refractivity contribution in [1.82, 2.24) is 24.5 Å². The summed E-state index contributed by atoms with van der Waals surface area (Å²) >= 11 is 0. The minimum Gasteiger partial charge on any atom is -0.412 e. The number of nitrogens with zero attached hydrogens (tertiary/aromatic N) is 5. The highest BCUT2D eigenvalue weighted by Crippen LogP contribution is 2.51. The number of benzene rings is 1. The zero-order valence-electron chi connectivity index (χ0n) is 27.7. The van der Waals surface area contributed by atoms with Crippen molar-refractivity contribution in [2.75, 3.05) is 7.11 Å². The maximum atomic E-state index is 14.0. The highest BCUT2D eigenvalue weighted by atomic mass is 19.1. The van der Waals surface area contributed by atoms with Crippen LogP contribution in [0.4, 0.5) is 8.78 Å². The monoisotopic (exact) mass is 635 g/mol. The van der Waals surface area contributed by atoms with Gasteiger partial charge in [0.25, 0.3) is 0 Å².